The molecule has 0 aliphatic heterocycles. The van der Waals surface area contributed by atoms with E-state index in [1.165, 1.54) is 25.7 Å². The van der Waals surface area contributed by atoms with E-state index in [4.69, 9.17) is 5.73 Å². The molecule has 0 saturated heterocycles. The summed E-state index contributed by atoms with van der Waals surface area (Å²) in [6.45, 7) is 0.748. The highest BCUT2D eigenvalue weighted by molar-refractivity contribution is 5.91. The van der Waals surface area contributed by atoms with Gasteiger partial charge in [0.1, 0.15) is 12.1 Å². The van der Waals surface area contributed by atoms with Gasteiger partial charge in [-0.1, -0.05) is 12.8 Å². The molecular weight excluding hydrogens is 252 g/mol. The maximum absolute atomic E-state index is 9.37. The van der Waals surface area contributed by atoms with Gasteiger partial charge in [-0.05, 0) is 31.0 Å². The molecule has 3 N–H and O–H groups in total. The zero-order valence-corrected chi connectivity index (χ0v) is 11.5. The van der Waals surface area contributed by atoms with Gasteiger partial charge in [-0.3, -0.25) is 0 Å². The van der Waals surface area contributed by atoms with Crippen molar-refractivity contribution in [3.8, 4) is 0 Å². The van der Waals surface area contributed by atoms with Crippen LogP contribution in [0.4, 0.5) is 11.5 Å². The molecule has 1 aromatic heterocycles. The largest absolute Gasteiger partial charge is 0.399 e. The Labute approximate surface area is 118 Å². The van der Waals surface area contributed by atoms with E-state index in [1.807, 2.05) is 18.2 Å². The van der Waals surface area contributed by atoms with Gasteiger partial charge in [0.2, 0.25) is 0 Å². The van der Waals surface area contributed by atoms with E-state index in [0.717, 1.165) is 16.7 Å². The number of fused-ring (bicyclic) bond motifs is 1. The van der Waals surface area contributed by atoms with Crippen LogP contribution in [0, 0.1) is 0 Å². The minimum absolute atomic E-state index is 0.136. The van der Waals surface area contributed by atoms with E-state index in [9.17, 15) is 5.11 Å². The first-order chi connectivity index (χ1) is 9.79. The molecule has 0 bridgehead atoms. The van der Waals surface area contributed by atoms with Crippen LogP contribution in [0.1, 0.15) is 25.7 Å². The highest BCUT2D eigenvalue weighted by Crippen LogP contribution is 2.31. The van der Waals surface area contributed by atoms with Gasteiger partial charge in [0.05, 0.1) is 12.1 Å². The van der Waals surface area contributed by atoms with Gasteiger partial charge >= 0.3 is 0 Å². The molecule has 0 radical (unpaired) electrons. The Morgan fingerprint density at radius 1 is 1.25 bits per heavy atom. The monoisotopic (exact) mass is 272 g/mol. The van der Waals surface area contributed by atoms with E-state index in [-0.39, 0.29) is 6.61 Å². The maximum atomic E-state index is 9.37. The van der Waals surface area contributed by atoms with Crippen molar-refractivity contribution in [2.24, 2.45) is 0 Å². The van der Waals surface area contributed by atoms with Crippen LogP contribution in [0.25, 0.3) is 10.9 Å². The Balaban J connectivity index is 2.05. The Hall–Kier alpha value is -1.88. The zero-order valence-electron chi connectivity index (χ0n) is 11.5. The van der Waals surface area contributed by atoms with Crippen molar-refractivity contribution in [3.63, 3.8) is 0 Å². The molecule has 0 amide bonds. The van der Waals surface area contributed by atoms with Crippen molar-refractivity contribution in [2.75, 3.05) is 23.8 Å². The number of nitrogens with two attached hydrogens (primary N) is 1. The smallest absolute Gasteiger partial charge is 0.140 e. The maximum Gasteiger partial charge on any atom is 0.140 e. The van der Waals surface area contributed by atoms with Crippen molar-refractivity contribution < 1.29 is 5.11 Å². The van der Waals surface area contributed by atoms with Crippen molar-refractivity contribution in [1.29, 1.82) is 0 Å². The number of anilines is 2. The minimum Gasteiger partial charge on any atom is -0.399 e. The van der Waals surface area contributed by atoms with Gasteiger partial charge in [0.15, 0.2) is 0 Å². The summed E-state index contributed by atoms with van der Waals surface area (Å²) in [5, 5.41) is 10.4. The second-order valence-corrected chi connectivity index (χ2v) is 5.33. The van der Waals surface area contributed by atoms with Gasteiger partial charge < -0.3 is 15.7 Å². The predicted octanol–water partition coefficient (Wildman–Crippen LogP) is 1.95. The number of nitrogen functional groups attached to an aromatic ring is 1. The summed E-state index contributed by atoms with van der Waals surface area (Å²) in [6.07, 6.45) is 6.42. The number of aromatic nitrogens is 2. The molecule has 1 aromatic carbocycles. The second-order valence-electron chi connectivity index (χ2n) is 5.33. The normalized spacial score (nSPS) is 15.8. The van der Waals surface area contributed by atoms with E-state index >= 15 is 0 Å². The first-order valence-electron chi connectivity index (χ1n) is 7.17. The number of hydrogen-bond donors (Lipinski definition) is 2. The summed E-state index contributed by atoms with van der Waals surface area (Å²) in [5.41, 5.74) is 7.38. The molecule has 106 valence electrons. The average molecular weight is 272 g/mol. The second kappa shape index (κ2) is 5.63. The molecule has 1 aliphatic carbocycles. The van der Waals surface area contributed by atoms with Crippen molar-refractivity contribution in [1.82, 2.24) is 9.97 Å². The first-order valence-corrected chi connectivity index (χ1v) is 7.17. The summed E-state index contributed by atoms with van der Waals surface area (Å²) in [5.74, 6) is 0.913. The topological polar surface area (TPSA) is 75.3 Å². The Morgan fingerprint density at radius 2 is 2.05 bits per heavy atom. The number of aliphatic hydroxyl groups is 1. The fourth-order valence-corrected chi connectivity index (χ4v) is 3.07. The molecule has 5 heteroatoms. The lowest BCUT2D eigenvalue weighted by Crippen LogP contribution is -2.36. The van der Waals surface area contributed by atoms with Crippen LogP contribution in [-0.4, -0.2) is 34.3 Å². The quantitative estimate of drug-likeness (QED) is 0.832. The lowest BCUT2D eigenvalue weighted by molar-refractivity contribution is 0.297. The molecule has 20 heavy (non-hydrogen) atoms. The summed E-state index contributed by atoms with van der Waals surface area (Å²) >= 11 is 0. The van der Waals surface area contributed by atoms with Crippen LogP contribution in [0.15, 0.2) is 24.5 Å². The Bertz CT molecular complexity index is 595. The van der Waals surface area contributed by atoms with Gasteiger partial charge in [-0.15, -0.1) is 0 Å². The number of benzene rings is 1. The SMILES string of the molecule is Nc1ccc2c(N(CCO)C3CCCC3)ncnc2c1. The van der Waals surface area contributed by atoms with E-state index in [0.29, 0.717) is 18.3 Å². The molecular formula is C15H20N4O. The van der Waals surface area contributed by atoms with Gasteiger partial charge in [-0.2, -0.15) is 0 Å². The summed E-state index contributed by atoms with van der Waals surface area (Å²) in [6, 6.07) is 6.19. The Kier molecular flexibility index (Phi) is 3.69. The fourth-order valence-electron chi connectivity index (χ4n) is 3.07. The molecule has 1 saturated carbocycles. The predicted molar refractivity (Wildman–Crippen MR) is 80.6 cm³/mol. The molecule has 0 atom stereocenters. The van der Waals surface area contributed by atoms with Crippen LogP contribution < -0.4 is 10.6 Å². The van der Waals surface area contributed by atoms with Gasteiger partial charge in [0, 0.05) is 23.7 Å². The third-order valence-electron chi connectivity index (χ3n) is 4.02. The van der Waals surface area contributed by atoms with E-state index < -0.39 is 0 Å². The van der Waals surface area contributed by atoms with Gasteiger partial charge in [0.25, 0.3) is 0 Å². The van der Waals surface area contributed by atoms with Crippen LogP contribution in [0.3, 0.4) is 0 Å². The lowest BCUT2D eigenvalue weighted by atomic mass is 10.1. The molecule has 2 aromatic rings. The highest BCUT2D eigenvalue weighted by atomic mass is 16.3. The summed E-state index contributed by atoms with van der Waals surface area (Å²) < 4.78 is 0. The van der Waals surface area contributed by atoms with Crippen LogP contribution in [-0.2, 0) is 0 Å². The number of aliphatic hydroxyl groups excluding tert-OH is 1. The summed E-state index contributed by atoms with van der Waals surface area (Å²) in [4.78, 5) is 11.0. The zero-order chi connectivity index (χ0) is 13.9. The van der Waals surface area contributed by atoms with Crippen molar-refractivity contribution >= 4 is 22.4 Å². The third kappa shape index (κ3) is 2.41. The van der Waals surface area contributed by atoms with Crippen LogP contribution in [0.2, 0.25) is 0 Å². The number of rotatable bonds is 4. The van der Waals surface area contributed by atoms with Crippen LogP contribution in [0.5, 0.6) is 0 Å². The van der Waals surface area contributed by atoms with E-state index in [1.54, 1.807) is 6.33 Å². The van der Waals surface area contributed by atoms with Crippen LogP contribution >= 0.6 is 0 Å². The molecule has 5 nitrogen and oxygen atoms in total. The Morgan fingerprint density at radius 3 is 2.80 bits per heavy atom. The number of nitrogens with zero attached hydrogens (tertiary/aromatic N) is 3. The average Bonchev–Trinajstić information content (AvgIpc) is 2.98. The molecule has 3 rings (SSSR count). The van der Waals surface area contributed by atoms with E-state index in [2.05, 4.69) is 14.9 Å². The standard InChI is InChI=1S/C15H20N4O/c16-11-5-6-13-14(9-11)17-10-18-15(13)19(7-8-20)12-3-1-2-4-12/h5-6,9-10,12,20H,1-4,7-8,16H2. The van der Waals surface area contributed by atoms with Crippen molar-refractivity contribution in [3.05, 3.63) is 24.5 Å². The fraction of sp³-hybridized carbons (Fsp3) is 0.467. The molecule has 0 spiro atoms. The van der Waals surface area contributed by atoms with Gasteiger partial charge in [-0.25, -0.2) is 9.97 Å². The third-order valence-corrected chi connectivity index (χ3v) is 4.02. The molecule has 1 aliphatic rings. The molecule has 1 fully saturated rings. The lowest BCUT2D eigenvalue weighted by Gasteiger charge is -2.30. The first kappa shape index (κ1) is 13.1. The number of hydrogen-bond acceptors (Lipinski definition) is 5. The molecule has 1 heterocycles. The van der Waals surface area contributed by atoms with Crippen molar-refractivity contribution in [2.45, 2.75) is 31.7 Å². The molecule has 0 unspecified atom stereocenters. The minimum atomic E-state index is 0.136. The summed E-state index contributed by atoms with van der Waals surface area (Å²) in [7, 11) is 0. The highest BCUT2D eigenvalue weighted by Gasteiger charge is 2.24.